The summed E-state index contributed by atoms with van der Waals surface area (Å²) in [4.78, 5) is 10.2. The van der Waals surface area contributed by atoms with Crippen LogP contribution >= 0.6 is 0 Å². The van der Waals surface area contributed by atoms with E-state index in [4.69, 9.17) is 0 Å². The number of hydrogen-bond acceptors (Lipinski definition) is 5. The van der Waals surface area contributed by atoms with Crippen molar-refractivity contribution in [1.82, 2.24) is 0 Å². The highest BCUT2D eigenvalue weighted by atomic mass is 32.2. The molecule has 5 nitrogen and oxygen atoms in total. The summed E-state index contributed by atoms with van der Waals surface area (Å²) in [5.41, 5.74) is 0. The number of carbonyl (C=O) groups excluding carboxylic acids is 1. The van der Waals surface area contributed by atoms with Gasteiger partial charge < -0.3 is 4.74 Å². The Morgan fingerprint density at radius 1 is 1.40 bits per heavy atom. The van der Waals surface area contributed by atoms with Crippen molar-refractivity contribution in [2.75, 3.05) is 5.75 Å². The van der Waals surface area contributed by atoms with E-state index in [2.05, 4.69) is 8.92 Å². The molecule has 0 aromatic heterocycles. The van der Waals surface area contributed by atoms with Gasteiger partial charge in [0.15, 0.2) is 6.10 Å². The van der Waals surface area contributed by atoms with E-state index >= 15 is 0 Å². The van der Waals surface area contributed by atoms with Crippen molar-refractivity contribution in [1.29, 1.82) is 0 Å². The SMILES string of the molecule is O=C(OC1CS(=O)(=O)OC1F)C(F)(F)F. The zero-order chi connectivity index (χ0) is 11.9. The first kappa shape index (κ1) is 12.2. The van der Waals surface area contributed by atoms with Crippen molar-refractivity contribution in [3.8, 4) is 0 Å². The van der Waals surface area contributed by atoms with Gasteiger partial charge in [-0.3, -0.25) is 0 Å². The molecule has 2 unspecified atom stereocenters. The normalized spacial score (nSPS) is 30.1. The number of carbonyl (C=O) groups is 1. The van der Waals surface area contributed by atoms with Crippen LogP contribution in [0.1, 0.15) is 0 Å². The van der Waals surface area contributed by atoms with Crippen molar-refractivity contribution < 1.29 is 39.7 Å². The van der Waals surface area contributed by atoms with Crippen molar-refractivity contribution in [3.63, 3.8) is 0 Å². The fourth-order valence-electron chi connectivity index (χ4n) is 0.810. The van der Waals surface area contributed by atoms with Gasteiger partial charge in [0, 0.05) is 0 Å². The van der Waals surface area contributed by atoms with E-state index < -0.39 is 40.5 Å². The largest absolute Gasteiger partial charge is 0.490 e. The molecule has 1 saturated heterocycles. The number of esters is 1. The molecule has 0 aromatic rings. The summed E-state index contributed by atoms with van der Waals surface area (Å²) in [6.45, 7) is 0. The summed E-state index contributed by atoms with van der Waals surface area (Å²) in [5, 5.41) is 0. The van der Waals surface area contributed by atoms with E-state index in [0.29, 0.717) is 0 Å². The van der Waals surface area contributed by atoms with Gasteiger partial charge in [-0.1, -0.05) is 0 Å². The zero-order valence-corrected chi connectivity index (χ0v) is 7.64. The second-order valence-electron chi connectivity index (χ2n) is 2.61. The standard InChI is InChI=1S/C5H4F4O5S/c6-3-2(1-15(11,12)14-3)13-4(10)5(7,8)9/h2-3H,1H2. The van der Waals surface area contributed by atoms with Crippen LogP contribution in [0.4, 0.5) is 17.6 Å². The van der Waals surface area contributed by atoms with Gasteiger partial charge in [0.2, 0.25) is 0 Å². The van der Waals surface area contributed by atoms with Crippen LogP contribution in [0.25, 0.3) is 0 Å². The lowest BCUT2D eigenvalue weighted by molar-refractivity contribution is -0.209. The Morgan fingerprint density at radius 3 is 2.27 bits per heavy atom. The van der Waals surface area contributed by atoms with Crippen molar-refractivity contribution in [2.24, 2.45) is 0 Å². The summed E-state index contributed by atoms with van der Waals surface area (Å²) >= 11 is 0. The Balaban J connectivity index is 2.66. The molecule has 2 atom stereocenters. The van der Waals surface area contributed by atoms with Crippen molar-refractivity contribution in [3.05, 3.63) is 0 Å². The summed E-state index contributed by atoms with van der Waals surface area (Å²) < 4.78 is 75.8. The highest BCUT2D eigenvalue weighted by Gasteiger charge is 2.48. The minimum absolute atomic E-state index is 1.13. The molecule has 15 heavy (non-hydrogen) atoms. The first-order valence-electron chi connectivity index (χ1n) is 3.45. The fraction of sp³-hybridized carbons (Fsp3) is 0.800. The highest BCUT2D eigenvalue weighted by Crippen LogP contribution is 2.24. The molecule has 0 aliphatic carbocycles. The summed E-state index contributed by atoms with van der Waals surface area (Å²) in [5.74, 6) is -3.79. The van der Waals surface area contributed by atoms with Crippen LogP contribution in [0.5, 0.6) is 0 Å². The number of rotatable bonds is 1. The third-order valence-corrected chi connectivity index (χ3v) is 2.60. The van der Waals surface area contributed by atoms with Crippen LogP contribution < -0.4 is 0 Å². The van der Waals surface area contributed by atoms with E-state index in [0.717, 1.165) is 0 Å². The second kappa shape index (κ2) is 3.59. The predicted molar refractivity (Wildman–Crippen MR) is 35.7 cm³/mol. The average molecular weight is 252 g/mol. The molecule has 0 radical (unpaired) electrons. The van der Waals surface area contributed by atoms with E-state index in [9.17, 15) is 30.8 Å². The van der Waals surface area contributed by atoms with Crippen LogP contribution in [0.3, 0.4) is 0 Å². The van der Waals surface area contributed by atoms with Gasteiger partial charge in [0.25, 0.3) is 16.5 Å². The molecule has 0 N–H and O–H groups in total. The number of hydrogen-bond donors (Lipinski definition) is 0. The lowest BCUT2D eigenvalue weighted by Gasteiger charge is -2.12. The average Bonchev–Trinajstić information content (AvgIpc) is 2.22. The fourth-order valence-corrected chi connectivity index (χ4v) is 1.91. The molecule has 1 aliphatic rings. The predicted octanol–water partition coefficient (Wildman–Crippen LogP) is 0.116. The quantitative estimate of drug-likeness (QED) is 0.376. The lowest BCUT2D eigenvalue weighted by atomic mass is 10.4. The smallest absolute Gasteiger partial charge is 0.449 e. The van der Waals surface area contributed by atoms with Crippen molar-refractivity contribution >= 4 is 16.1 Å². The van der Waals surface area contributed by atoms with Crippen LogP contribution in [0, 0.1) is 0 Å². The molecule has 88 valence electrons. The first-order valence-corrected chi connectivity index (χ1v) is 5.02. The monoisotopic (exact) mass is 252 g/mol. The van der Waals surface area contributed by atoms with E-state index in [1.54, 1.807) is 0 Å². The first-order chi connectivity index (χ1) is 6.62. The summed E-state index contributed by atoms with van der Waals surface area (Å²) in [7, 11) is -4.26. The maximum Gasteiger partial charge on any atom is 0.490 e. The molecule has 0 spiro atoms. The van der Waals surface area contributed by atoms with E-state index in [1.807, 2.05) is 0 Å². The molecule has 0 aromatic carbocycles. The maximum atomic E-state index is 12.6. The van der Waals surface area contributed by atoms with Gasteiger partial charge in [-0.25, -0.2) is 13.4 Å². The Hall–Kier alpha value is -0.900. The van der Waals surface area contributed by atoms with Gasteiger partial charge in [0.05, 0.1) is 0 Å². The molecular formula is C5H4F4O5S. The number of ether oxygens (including phenoxy) is 1. The Morgan fingerprint density at radius 2 is 1.93 bits per heavy atom. The van der Waals surface area contributed by atoms with Crippen LogP contribution in [-0.4, -0.2) is 38.8 Å². The molecule has 1 aliphatic heterocycles. The molecule has 1 heterocycles. The molecule has 1 fully saturated rings. The van der Waals surface area contributed by atoms with E-state index in [-0.39, 0.29) is 0 Å². The minimum Gasteiger partial charge on any atom is -0.449 e. The maximum absolute atomic E-state index is 12.6. The van der Waals surface area contributed by atoms with Gasteiger partial charge in [-0.15, -0.1) is 0 Å². The van der Waals surface area contributed by atoms with Gasteiger partial charge in [-0.05, 0) is 0 Å². The van der Waals surface area contributed by atoms with Gasteiger partial charge in [0.1, 0.15) is 5.75 Å². The molecule has 0 amide bonds. The molecule has 0 bridgehead atoms. The Bertz CT molecular complexity index is 360. The number of halogens is 4. The highest BCUT2D eigenvalue weighted by molar-refractivity contribution is 7.87. The molecule has 1 rings (SSSR count). The van der Waals surface area contributed by atoms with Gasteiger partial charge >= 0.3 is 12.1 Å². The molecule has 0 saturated carbocycles. The zero-order valence-electron chi connectivity index (χ0n) is 6.82. The third kappa shape index (κ3) is 3.02. The van der Waals surface area contributed by atoms with E-state index in [1.165, 1.54) is 0 Å². The molecular weight excluding hydrogens is 248 g/mol. The number of alkyl halides is 4. The van der Waals surface area contributed by atoms with Crippen LogP contribution in [0.15, 0.2) is 0 Å². The van der Waals surface area contributed by atoms with Crippen LogP contribution in [-0.2, 0) is 23.8 Å². The van der Waals surface area contributed by atoms with Crippen LogP contribution in [0.2, 0.25) is 0 Å². The topological polar surface area (TPSA) is 69.7 Å². The Kier molecular flexibility index (Phi) is 2.92. The minimum atomic E-state index is -5.30. The van der Waals surface area contributed by atoms with Crippen molar-refractivity contribution in [2.45, 2.75) is 18.6 Å². The lowest BCUT2D eigenvalue weighted by Crippen LogP contribution is -2.34. The van der Waals surface area contributed by atoms with Gasteiger partial charge in [-0.2, -0.15) is 21.6 Å². The third-order valence-electron chi connectivity index (χ3n) is 1.39. The summed E-state index contributed by atoms with van der Waals surface area (Å²) in [6.07, 6.45) is -9.98. The summed E-state index contributed by atoms with van der Waals surface area (Å²) in [6, 6.07) is 0. The Labute approximate surface area is 81.1 Å². The molecule has 10 heteroatoms. The second-order valence-corrected chi connectivity index (χ2v) is 4.25.